The van der Waals surface area contributed by atoms with Crippen LogP contribution in [0.25, 0.3) is 5.65 Å². The number of nitrogens with zero attached hydrogens (tertiary/aromatic N) is 3. The minimum Gasteiger partial charge on any atom is -0.232 e. The quantitative estimate of drug-likeness (QED) is 0.750. The Morgan fingerprint density at radius 2 is 2.00 bits per heavy atom. The van der Waals surface area contributed by atoms with Crippen molar-refractivity contribution in [1.29, 1.82) is 0 Å². The summed E-state index contributed by atoms with van der Waals surface area (Å²) < 4.78 is 1.98. The van der Waals surface area contributed by atoms with Gasteiger partial charge in [0.1, 0.15) is 0 Å². The second-order valence-corrected chi connectivity index (χ2v) is 4.49. The van der Waals surface area contributed by atoms with Gasteiger partial charge in [0.2, 0.25) is 0 Å². The molecule has 0 aromatic carbocycles. The highest BCUT2D eigenvalue weighted by atomic mass is 15.3. The molecule has 0 radical (unpaired) electrons. The van der Waals surface area contributed by atoms with E-state index in [4.69, 9.17) is 0 Å². The largest absolute Gasteiger partial charge is 0.232 e. The predicted octanol–water partition coefficient (Wildman–Crippen LogP) is 2.54. The normalized spacial score (nSPS) is 11.5. The lowest BCUT2D eigenvalue weighted by atomic mass is 10.1. The van der Waals surface area contributed by atoms with Crippen LogP contribution in [0.5, 0.6) is 0 Å². The molecule has 0 atom stereocenters. The predicted molar refractivity (Wildman–Crippen MR) is 61.0 cm³/mol. The molecule has 3 heteroatoms. The molecule has 0 aliphatic heterocycles. The van der Waals surface area contributed by atoms with Crippen molar-refractivity contribution in [2.45, 2.75) is 34.1 Å². The van der Waals surface area contributed by atoms with Crippen LogP contribution in [0.1, 0.15) is 30.9 Å². The first kappa shape index (κ1) is 10.1. The summed E-state index contributed by atoms with van der Waals surface area (Å²) >= 11 is 0. The van der Waals surface area contributed by atoms with Gasteiger partial charge in [-0.25, -0.2) is 9.50 Å². The third kappa shape index (κ3) is 1.87. The fourth-order valence-corrected chi connectivity index (χ4v) is 1.80. The smallest absolute Gasteiger partial charge is 0.154 e. The van der Waals surface area contributed by atoms with Gasteiger partial charge >= 0.3 is 0 Å². The molecule has 0 unspecified atom stereocenters. The van der Waals surface area contributed by atoms with Gasteiger partial charge in [0.15, 0.2) is 5.65 Å². The molecule has 2 heterocycles. The maximum atomic E-state index is 4.51. The van der Waals surface area contributed by atoms with Gasteiger partial charge in [0, 0.05) is 0 Å². The van der Waals surface area contributed by atoms with Gasteiger partial charge in [-0.15, -0.1) is 0 Å². The number of aryl methyl sites for hydroxylation is 2. The molecular weight excluding hydrogens is 186 g/mol. The number of aromatic nitrogens is 3. The third-order valence-corrected chi connectivity index (χ3v) is 2.51. The molecule has 15 heavy (non-hydrogen) atoms. The van der Waals surface area contributed by atoms with E-state index in [2.05, 4.69) is 30.9 Å². The zero-order valence-corrected chi connectivity index (χ0v) is 9.78. The Morgan fingerprint density at radius 1 is 1.27 bits per heavy atom. The number of hydrogen-bond donors (Lipinski definition) is 0. The first-order valence-electron chi connectivity index (χ1n) is 5.40. The van der Waals surface area contributed by atoms with Crippen LogP contribution in [0, 0.1) is 19.8 Å². The fraction of sp³-hybridized carbons (Fsp3) is 0.500. The van der Waals surface area contributed by atoms with Crippen molar-refractivity contribution in [3.8, 4) is 0 Å². The molecule has 0 N–H and O–H groups in total. The molecule has 0 aliphatic rings. The van der Waals surface area contributed by atoms with Crippen molar-refractivity contribution in [1.82, 2.24) is 14.6 Å². The van der Waals surface area contributed by atoms with Gasteiger partial charge < -0.3 is 0 Å². The Labute approximate surface area is 90.1 Å². The highest BCUT2D eigenvalue weighted by Crippen LogP contribution is 2.14. The van der Waals surface area contributed by atoms with Crippen LogP contribution >= 0.6 is 0 Å². The number of fused-ring (bicyclic) bond motifs is 1. The van der Waals surface area contributed by atoms with Crippen molar-refractivity contribution >= 4 is 5.65 Å². The average molecular weight is 203 g/mol. The molecule has 2 aromatic heterocycles. The minimum absolute atomic E-state index is 0.630. The van der Waals surface area contributed by atoms with E-state index < -0.39 is 0 Å². The van der Waals surface area contributed by atoms with E-state index in [1.807, 2.05) is 23.6 Å². The molecule has 0 aliphatic carbocycles. The fourth-order valence-electron chi connectivity index (χ4n) is 1.80. The molecule has 0 saturated carbocycles. The Morgan fingerprint density at radius 3 is 2.67 bits per heavy atom. The second-order valence-electron chi connectivity index (χ2n) is 4.49. The van der Waals surface area contributed by atoms with Crippen LogP contribution in [-0.2, 0) is 6.42 Å². The summed E-state index contributed by atoms with van der Waals surface area (Å²) in [6, 6.07) is 4.03. The van der Waals surface area contributed by atoms with Crippen molar-refractivity contribution in [2.75, 3.05) is 0 Å². The van der Waals surface area contributed by atoms with Crippen molar-refractivity contribution < 1.29 is 0 Å². The summed E-state index contributed by atoms with van der Waals surface area (Å²) in [6.07, 6.45) is 1.03. The number of imidazole rings is 1. The van der Waals surface area contributed by atoms with Crippen molar-refractivity contribution in [3.63, 3.8) is 0 Å². The first-order chi connectivity index (χ1) is 7.08. The monoisotopic (exact) mass is 203 g/mol. The number of rotatable bonds is 2. The van der Waals surface area contributed by atoms with Gasteiger partial charge in [0.25, 0.3) is 0 Å². The van der Waals surface area contributed by atoms with Crippen LogP contribution in [0.2, 0.25) is 0 Å². The lowest BCUT2D eigenvalue weighted by Gasteiger charge is -2.05. The van der Waals surface area contributed by atoms with Crippen LogP contribution < -0.4 is 0 Å². The standard InChI is InChI=1S/C12H17N3/c1-8(2)7-11-10(4)13-12-6-5-9(3)14-15(11)12/h5-6,8H,7H2,1-4H3. The molecule has 0 spiro atoms. The average Bonchev–Trinajstić information content (AvgIpc) is 2.43. The van der Waals surface area contributed by atoms with Crippen LogP contribution in [0.4, 0.5) is 0 Å². The zero-order chi connectivity index (χ0) is 11.0. The number of hydrogen-bond acceptors (Lipinski definition) is 2. The maximum absolute atomic E-state index is 4.51. The van der Waals surface area contributed by atoms with E-state index >= 15 is 0 Å². The highest BCUT2D eigenvalue weighted by Gasteiger charge is 2.10. The van der Waals surface area contributed by atoms with Gasteiger partial charge in [0.05, 0.1) is 17.1 Å². The molecule has 0 bridgehead atoms. The van der Waals surface area contributed by atoms with Gasteiger partial charge in [-0.3, -0.25) is 0 Å². The molecule has 0 amide bonds. The van der Waals surface area contributed by atoms with Gasteiger partial charge in [-0.05, 0) is 38.3 Å². The van der Waals surface area contributed by atoms with Gasteiger partial charge in [-0.2, -0.15) is 5.10 Å². The molecule has 0 fully saturated rings. The Kier molecular flexibility index (Phi) is 2.47. The van der Waals surface area contributed by atoms with Gasteiger partial charge in [-0.1, -0.05) is 13.8 Å². The Bertz CT molecular complexity index is 483. The first-order valence-corrected chi connectivity index (χ1v) is 5.40. The highest BCUT2D eigenvalue weighted by molar-refractivity contribution is 5.41. The molecule has 80 valence electrons. The van der Waals surface area contributed by atoms with Crippen LogP contribution in [0.3, 0.4) is 0 Å². The van der Waals surface area contributed by atoms with E-state index in [1.54, 1.807) is 0 Å². The maximum Gasteiger partial charge on any atom is 0.154 e. The Hall–Kier alpha value is -1.38. The summed E-state index contributed by atoms with van der Waals surface area (Å²) in [5, 5.41) is 4.50. The molecular formula is C12H17N3. The summed E-state index contributed by atoms with van der Waals surface area (Å²) in [4.78, 5) is 4.51. The topological polar surface area (TPSA) is 30.2 Å². The second kappa shape index (κ2) is 3.65. The molecule has 0 saturated heterocycles. The van der Waals surface area contributed by atoms with E-state index in [0.29, 0.717) is 5.92 Å². The van der Waals surface area contributed by atoms with E-state index in [1.165, 1.54) is 5.69 Å². The third-order valence-electron chi connectivity index (χ3n) is 2.51. The molecule has 2 aromatic rings. The zero-order valence-electron chi connectivity index (χ0n) is 9.78. The SMILES string of the molecule is Cc1ccc2nc(C)c(CC(C)C)n2n1. The lowest BCUT2D eigenvalue weighted by Crippen LogP contribution is -2.03. The van der Waals surface area contributed by atoms with E-state index in [9.17, 15) is 0 Å². The van der Waals surface area contributed by atoms with Crippen LogP contribution in [-0.4, -0.2) is 14.6 Å². The van der Waals surface area contributed by atoms with E-state index in [0.717, 1.165) is 23.5 Å². The van der Waals surface area contributed by atoms with Crippen molar-refractivity contribution in [2.24, 2.45) is 5.92 Å². The molecule has 3 nitrogen and oxygen atoms in total. The molecule has 2 rings (SSSR count). The van der Waals surface area contributed by atoms with Crippen LogP contribution in [0.15, 0.2) is 12.1 Å². The lowest BCUT2D eigenvalue weighted by molar-refractivity contribution is 0.618. The van der Waals surface area contributed by atoms with Crippen molar-refractivity contribution in [3.05, 3.63) is 29.2 Å². The summed E-state index contributed by atoms with van der Waals surface area (Å²) in [5.74, 6) is 0.630. The minimum atomic E-state index is 0.630. The Balaban J connectivity index is 2.60. The van der Waals surface area contributed by atoms with E-state index in [-0.39, 0.29) is 0 Å². The summed E-state index contributed by atoms with van der Waals surface area (Å²) in [7, 11) is 0. The summed E-state index contributed by atoms with van der Waals surface area (Å²) in [6.45, 7) is 8.50. The summed E-state index contributed by atoms with van der Waals surface area (Å²) in [5.41, 5.74) is 4.32.